The van der Waals surface area contributed by atoms with Crippen molar-refractivity contribution in [2.75, 3.05) is 0 Å². The molecular formula is C23H22O5S. The third-order valence-corrected chi connectivity index (χ3v) is 5.57. The maximum absolute atomic E-state index is 12.5. The maximum atomic E-state index is 12.5. The quantitative estimate of drug-likeness (QED) is 0.507. The molecular weight excluding hydrogens is 388 g/mol. The number of benzene rings is 3. The van der Waals surface area contributed by atoms with Crippen LogP contribution in [0.3, 0.4) is 0 Å². The molecule has 0 fully saturated rings. The zero-order chi connectivity index (χ0) is 20.9. The lowest BCUT2D eigenvalue weighted by molar-refractivity contribution is -0.129. The molecule has 0 heterocycles. The van der Waals surface area contributed by atoms with E-state index in [9.17, 15) is 13.2 Å². The van der Waals surface area contributed by atoms with Crippen LogP contribution in [0.15, 0.2) is 83.8 Å². The van der Waals surface area contributed by atoms with E-state index in [1.807, 2.05) is 37.3 Å². The fourth-order valence-electron chi connectivity index (χ4n) is 2.81. The third kappa shape index (κ3) is 5.53. The Morgan fingerprint density at radius 1 is 0.931 bits per heavy atom. The summed E-state index contributed by atoms with van der Waals surface area (Å²) in [7, 11) is -3.97. The van der Waals surface area contributed by atoms with Gasteiger partial charge in [0.2, 0.25) is 0 Å². The van der Waals surface area contributed by atoms with E-state index in [1.165, 1.54) is 31.2 Å². The molecule has 0 saturated heterocycles. The molecule has 29 heavy (non-hydrogen) atoms. The van der Waals surface area contributed by atoms with E-state index in [0.29, 0.717) is 5.56 Å². The van der Waals surface area contributed by atoms with E-state index < -0.39 is 16.2 Å². The Bertz CT molecular complexity index is 1070. The Morgan fingerprint density at radius 3 is 2.28 bits per heavy atom. The Morgan fingerprint density at radius 2 is 1.62 bits per heavy atom. The Balaban J connectivity index is 1.79. The molecule has 3 rings (SSSR count). The molecule has 3 aromatic carbocycles. The third-order valence-electron chi connectivity index (χ3n) is 4.31. The zero-order valence-corrected chi connectivity index (χ0v) is 17.1. The highest BCUT2D eigenvalue weighted by molar-refractivity contribution is 7.87. The van der Waals surface area contributed by atoms with Gasteiger partial charge in [-0.15, -0.1) is 0 Å². The van der Waals surface area contributed by atoms with Crippen LogP contribution in [0.25, 0.3) is 0 Å². The average Bonchev–Trinajstić information content (AvgIpc) is 2.69. The lowest BCUT2D eigenvalue weighted by Crippen LogP contribution is -2.14. The predicted octanol–water partition coefficient (Wildman–Crippen LogP) is 4.61. The van der Waals surface area contributed by atoms with Gasteiger partial charge in [-0.05, 0) is 49.2 Å². The molecule has 150 valence electrons. The van der Waals surface area contributed by atoms with Crippen LogP contribution in [0, 0.1) is 6.92 Å². The minimum absolute atomic E-state index is 0.0666. The van der Waals surface area contributed by atoms with Crippen LogP contribution in [0.2, 0.25) is 0 Å². The molecule has 0 N–H and O–H groups in total. The average molecular weight is 410 g/mol. The summed E-state index contributed by atoms with van der Waals surface area (Å²) in [6.07, 6.45) is -0.819. The van der Waals surface area contributed by atoms with Gasteiger partial charge < -0.3 is 8.92 Å². The van der Waals surface area contributed by atoms with E-state index in [2.05, 4.69) is 0 Å². The molecule has 6 heteroatoms. The number of hydrogen-bond donors (Lipinski definition) is 0. The smallest absolute Gasteiger partial charge is 0.339 e. The molecule has 3 aromatic rings. The second-order valence-electron chi connectivity index (χ2n) is 6.71. The first kappa shape index (κ1) is 20.8. The van der Waals surface area contributed by atoms with Crippen molar-refractivity contribution < 1.29 is 22.1 Å². The Labute approximate surface area is 171 Å². The van der Waals surface area contributed by atoms with Crippen LogP contribution in [-0.2, 0) is 26.3 Å². The topological polar surface area (TPSA) is 69.7 Å². The fourth-order valence-corrected chi connectivity index (χ4v) is 3.73. The molecule has 0 bridgehead atoms. The molecule has 0 aliphatic carbocycles. The highest BCUT2D eigenvalue weighted by Crippen LogP contribution is 2.26. The van der Waals surface area contributed by atoms with Crippen molar-refractivity contribution in [3.63, 3.8) is 0 Å². The maximum Gasteiger partial charge on any atom is 0.339 e. The summed E-state index contributed by atoms with van der Waals surface area (Å²) in [6, 6.07) is 22.3. The molecule has 1 atom stereocenters. The zero-order valence-electron chi connectivity index (χ0n) is 16.2. The van der Waals surface area contributed by atoms with Crippen molar-refractivity contribution in [3.05, 3.63) is 95.6 Å². The molecule has 0 amide bonds. The number of hydrogen-bond acceptors (Lipinski definition) is 5. The summed E-state index contributed by atoms with van der Waals surface area (Å²) >= 11 is 0. The van der Waals surface area contributed by atoms with Crippen LogP contribution in [0.4, 0.5) is 0 Å². The molecule has 0 aromatic heterocycles. The summed E-state index contributed by atoms with van der Waals surface area (Å²) < 4.78 is 36.1. The van der Waals surface area contributed by atoms with Gasteiger partial charge >= 0.3 is 10.1 Å². The van der Waals surface area contributed by atoms with Crippen LogP contribution >= 0.6 is 0 Å². The number of ketones is 1. The van der Waals surface area contributed by atoms with Gasteiger partial charge in [0.05, 0.1) is 6.61 Å². The van der Waals surface area contributed by atoms with Crippen molar-refractivity contribution in [2.45, 2.75) is 31.5 Å². The van der Waals surface area contributed by atoms with Crippen molar-refractivity contribution in [1.29, 1.82) is 0 Å². The van der Waals surface area contributed by atoms with Crippen molar-refractivity contribution >= 4 is 15.9 Å². The highest BCUT2D eigenvalue weighted by atomic mass is 32.2. The lowest BCUT2D eigenvalue weighted by Gasteiger charge is -2.17. The first-order chi connectivity index (χ1) is 13.8. The number of rotatable bonds is 8. The van der Waals surface area contributed by atoms with Crippen molar-refractivity contribution in [1.82, 2.24) is 0 Å². The van der Waals surface area contributed by atoms with Crippen LogP contribution in [-0.4, -0.2) is 14.2 Å². The van der Waals surface area contributed by atoms with E-state index in [1.54, 1.807) is 24.3 Å². The van der Waals surface area contributed by atoms with E-state index in [-0.39, 0.29) is 23.0 Å². The molecule has 0 aliphatic heterocycles. The standard InChI is InChI=1S/C23H22O5S/c1-17-11-13-22(14-12-17)29(25,26)28-21-10-6-9-20(15-21)23(18(2)24)27-16-19-7-4-3-5-8-19/h3-15,23H,16H2,1-2H3. The summed E-state index contributed by atoms with van der Waals surface area (Å²) in [6.45, 7) is 3.57. The van der Waals surface area contributed by atoms with Gasteiger partial charge in [0.1, 0.15) is 16.7 Å². The van der Waals surface area contributed by atoms with Crippen LogP contribution in [0.5, 0.6) is 5.75 Å². The number of carbonyl (C=O) groups excluding carboxylic acids is 1. The fraction of sp³-hybridized carbons (Fsp3) is 0.174. The Kier molecular flexibility index (Phi) is 6.46. The normalized spacial score (nSPS) is 12.3. The summed E-state index contributed by atoms with van der Waals surface area (Å²) in [5.74, 6) is -0.0582. The molecule has 0 radical (unpaired) electrons. The lowest BCUT2D eigenvalue weighted by atomic mass is 10.1. The number of ether oxygens (including phenoxy) is 1. The largest absolute Gasteiger partial charge is 0.379 e. The summed E-state index contributed by atoms with van der Waals surface area (Å²) in [5.41, 5.74) is 2.42. The molecule has 5 nitrogen and oxygen atoms in total. The van der Waals surface area contributed by atoms with Crippen molar-refractivity contribution in [2.24, 2.45) is 0 Å². The van der Waals surface area contributed by atoms with Gasteiger partial charge in [0, 0.05) is 0 Å². The monoisotopic (exact) mass is 410 g/mol. The first-order valence-corrected chi connectivity index (χ1v) is 10.5. The summed E-state index contributed by atoms with van der Waals surface area (Å²) in [4.78, 5) is 12.2. The van der Waals surface area contributed by atoms with Gasteiger partial charge in [-0.2, -0.15) is 8.42 Å². The van der Waals surface area contributed by atoms with Crippen molar-refractivity contribution in [3.8, 4) is 5.75 Å². The van der Waals surface area contributed by atoms with E-state index in [0.717, 1.165) is 11.1 Å². The molecule has 0 spiro atoms. The van der Waals surface area contributed by atoms with Crippen LogP contribution in [0.1, 0.15) is 29.7 Å². The van der Waals surface area contributed by atoms with Gasteiger partial charge in [-0.25, -0.2) is 0 Å². The number of Topliss-reactive ketones (excluding diaryl/α,β-unsaturated/α-hetero) is 1. The van der Waals surface area contributed by atoms with Gasteiger partial charge in [0.25, 0.3) is 0 Å². The number of carbonyl (C=O) groups is 1. The SMILES string of the molecule is CC(=O)C(OCc1ccccc1)c1cccc(OS(=O)(=O)c2ccc(C)cc2)c1. The number of aryl methyl sites for hydroxylation is 1. The van der Waals surface area contributed by atoms with Gasteiger partial charge in [0.15, 0.2) is 5.78 Å². The van der Waals surface area contributed by atoms with E-state index >= 15 is 0 Å². The highest BCUT2D eigenvalue weighted by Gasteiger charge is 2.21. The van der Waals surface area contributed by atoms with Gasteiger partial charge in [-0.3, -0.25) is 4.79 Å². The second kappa shape index (κ2) is 9.03. The van der Waals surface area contributed by atoms with Crippen LogP contribution < -0.4 is 4.18 Å². The van der Waals surface area contributed by atoms with E-state index in [4.69, 9.17) is 8.92 Å². The molecule has 1 unspecified atom stereocenters. The molecule has 0 aliphatic rings. The second-order valence-corrected chi connectivity index (χ2v) is 8.26. The minimum Gasteiger partial charge on any atom is -0.379 e. The first-order valence-electron chi connectivity index (χ1n) is 9.12. The molecule has 0 saturated carbocycles. The Hall–Kier alpha value is -2.96. The predicted molar refractivity (Wildman–Crippen MR) is 110 cm³/mol. The minimum atomic E-state index is -3.97. The summed E-state index contributed by atoms with van der Waals surface area (Å²) in [5, 5.41) is 0. The van der Waals surface area contributed by atoms with Gasteiger partial charge in [-0.1, -0.05) is 60.2 Å².